The van der Waals surface area contributed by atoms with Crippen LogP contribution in [0.3, 0.4) is 0 Å². The van der Waals surface area contributed by atoms with Crippen LogP contribution in [0.2, 0.25) is 0 Å². The first-order chi connectivity index (χ1) is 11.2. The molecule has 2 heterocycles. The molecule has 0 saturated carbocycles. The molecule has 23 heavy (non-hydrogen) atoms. The average molecular weight is 312 g/mol. The van der Waals surface area contributed by atoms with E-state index < -0.39 is 6.03 Å². The predicted molar refractivity (Wildman–Crippen MR) is 85.3 cm³/mol. The quantitative estimate of drug-likeness (QED) is 0.728. The van der Waals surface area contributed by atoms with Gasteiger partial charge in [-0.25, -0.2) is 9.78 Å². The highest BCUT2D eigenvalue weighted by Gasteiger charge is 2.14. The summed E-state index contributed by atoms with van der Waals surface area (Å²) in [5, 5.41) is 5.14. The van der Waals surface area contributed by atoms with Gasteiger partial charge in [-0.2, -0.15) is 9.78 Å². The van der Waals surface area contributed by atoms with E-state index >= 15 is 0 Å². The lowest BCUT2D eigenvalue weighted by Crippen LogP contribution is -2.20. The van der Waals surface area contributed by atoms with E-state index in [4.69, 9.17) is 15.2 Å². The molecule has 7 nitrogen and oxygen atoms in total. The Kier molecular flexibility index (Phi) is 4.20. The number of nitrogens with two attached hydrogens (primary N) is 1. The molecule has 0 radical (unpaired) electrons. The van der Waals surface area contributed by atoms with Gasteiger partial charge < -0.3 is 15.2 Å². The van der Waals surface area contributed by atoms with Gasteiger partial charge in [0.2, 0.25) is 5.88 Å². The van der Waals surface area contributed by atoms with E-state index in [1.54, 1.807) is 25.4 Å². The molecule has 2 aromatic heterocycles. The number of ether oxygens (including phenoxy) is 2. The van der Waals surface area contributed by atoms with Gasteiger partial charge in [-0.05, 0) is 12.1 Å². The number of para-hydroxylation sites is 1. The minimum Gasteiger partial charge on any atom is -0.475 e. The number of nitrogens with zero attached hydrogens (tertiary/aromatic N) is 3. The van der Waals surface area contributed by atoms with Crippen molar-refractivity contribution in [2.45, 2.75) is 0 Å². The monoisotopic (exact) mass is 312 g/mol. The fourth-order valence-corrected chi connectivity index (χ4v) is 2.28. The van der Waals surface area contributed by atoms with E-state index in [2.05, 4.69) is 10.1 Å². The molecule has 0 atom stereocenters. The Balaban J connectivity index is 1.95. The van der Waals surface area contributed by atoms with E-state index in [0.29, 0.717) is 30.3 Å². The van der Waals surface area contributed by atoms with Crippen LogP contribution in [-0.4, -0.2) is 41.1 Å². The van der Waals surface area contributed by atoms with Gasteiger partial charge in [0.1, 0.15) is 12.3 Å². The number of hydrogen-bond donors (Lipinski definition) is 1. The summed E-state index contributed by atoms with van der Waals surface area (Å²) >= 11 is 0. The summed E-state index contributed by atoms with van der Waals surface area (Å²) in [6, 6.07) is 10.4. The molecule has 0 spiro atoms. The maximum Gasteiger partial charge on any atom is 0.340 e. The van der Waals surface area contributed by atoms with Gasteiger partial charge in [0.15, 0.2) is 0 Å². The number of pyridine rings is 1. The molecule has 2 N–H and O–H groups in total. The minimum absolute atomic E-state index is 0.433. The standard InChI is InChI=1S/C16H16N4O3/c1-22-8-9-23-14-7-6-11(10-18-14)15-12-4-2-3-5-13(12)20(19-15)16(17)21/h2-7,10H,8-9H2,1H3,(H2,17,21). The van der Waals surface area contributed by atoms with E-state index in [1.165, 1.54) is 4.68 Å². The van der Waals surface area contributed by atoms with Crippen LogP contribution in [-0.2, 0) is 4.74 Å². The third-order valence-corrected chi connectivity index (χ3v) is 3.34. The number of aromatic nitrogens is 3. The molecule has 0 aliphatic carbocycles. The maximum atomic E-state index is 11.5. The Morgan fingerprint density at radius 1 is 1.22 bits per heavy atom. The van der Waals surface area contributed by atoms with Crippen molar-refractivity contribution in [1.29, 1.82) is 0 Å². The average Bonchev–Trinajstić information content (AvgIpc) is 2.96. The van der Waals surface area contributed by atoms with Gasteiger partial charge in [0.05, 0.1) is 12.1 Å². The van der Waals surface area contributed by atoms with Crippen LogP contribution in [0.4, 0.5) is 4.79 Å². The second-order valence-electron chi connectivity index (χ2n) is 4.84. The van der Waals surface area contributed by atoms with Crippen molar-refractivity contribution in [3.05, 3.63) is 42.6 Å². The molecule has 0 fully saturated rings. The maximum absolute atomic E-state index is 11.5. The van der Waals surface area contributed by atoms with Gasteiger partial charge in [-0.3, -0.25) is 0 Å². The topological polar surface area (TPSA) is 92.3 Å². The molecule has 3 rings (SSSR count). The van der Waals surface area contributed by atoms with Crippen molar-refractivity contribution in [2.75, 3.05) is 20.3 Å². The van der Waals surface area contributed by atoms with Gasteiger partial charge >= 0.3 is 6.03 Å². The highest BCUT2D eigenvalue weighted by Crippen LogP contribution is 2.28. The lowest BCUT2D eigenvalue weighted by atomic mass is 10.1. The molecule has 1 aromatic carbocycles. The summed E-state index contributed by atoms with van der Waals surface area (Å²) in [6.07, 6.45) is 1.66. The SMILES string of the molecule is COCCOc1ccc(-c2nn(C(N)=O)c3ccccc23)cn1. The van der Waals surface area contributed by atoms with E-state index in [-0.39, 0.29) is 0 Å². The summed E-state index contributed by atoms with van der Waals surface area (Å²) < 4.78 is 11.5. The normalized spacial score (nSPS) is 10.8. The van der Waals surface area contributed by atoms with Crippen molar-refractivity contribution in [2.24, 2.45) is 5.73 Å². The van der Waals surface area contributed by atoms with E-state index in [9.17, 15) is 4.79 Å². The number of rotatable bonds is 5. The first-order valence-corrected chi connectivity index (χ1v) is 7.06. The van der Waals surface area contributed by atoms with Crippen molar-refractivity contribution < 1.29 is 14.3 Å². The summed E-state index contributed by atoms with van der Waals surface area (Å²) in [5.74, 6) is 0.504. The largest absolute Gasteiger partial charge is 0.475 e. The van der Waals surface area contributed by atoms with Crippen LogP contribution in [0, 0.1) is 0 Å². The van der Waals surface area contributed by atoms with Crippen LogP contribution in [0.25, 0.3) is 22.2 Å². The third-order valence-electron chi connectivity index (χ3n) is 3.34. The Hall–Kier alpha value is -2.93. The first kappa shape index (κ1) is 15.0. The number of methoxy groups -OCH3 is 1. The molecule has 0 bridgehead atoms. The zero-order chi connectivity index (χ0) is 16.2. The first-order valence-electron chi connectivity index (χ1n) is 7.06. The number of carbonyl (C=O) groups is 1. The van der Waals surface area contributed by atoms with Gasteiger partial charge in [0, 0.05) is 30.3 Å². The summed E-state index contributed by atoms with van der Waals surface area (Å²) in [7, 11) is 1.61. The highest BCUT2D eigenvalue weighted by atomic mass is 16.5. The fourth-order valence-electron chi connectivity index (χ4n) is 2.28. The smallest absolute Gasteiger partial charge is 0.340 e. The van der Waals surface area contributed by atoms with Gasteiger partial charge in [0.25, 0.3) is 0 Å². The summed E-state index contributed by atoms with van der Waals surface area (Å²) in [5.41, 5.74) is 7.47. The van der Waals surface area contributed by atoms with Crippen LogP contribution in [0.15, 0.2) is 42.6 Å². The molecule has 7 heteroatoms. The van der Waals surface area contributed by atoms with Crippen molar-refractivity contribution in [3.63, 3.8) is 0 Å². The second kappa shape index (κ2) is 6.45. The predicted octanol–water partition coefficient (Wildman–Crippen LogP) is 2.05. The van der Waals surface area contributed by atoms with Gasteiger partial charge in [-0.1, -0.05) is 18.2 Å². The molecule has 0 aliphatic heterocycles. The molecule has 3 aromatic rings. The van der Waals surface area contributed by atoms with Crippen molar-refractivity contribution in [1.82, 2.24) is 14.8 Å². The number of carbonyl (C=O) groups excluding carboxylic acids is 1. The molecule has 1 amide bonds. The van der Waals surface area contributed by atoms with Gasteiger partial charge in [-0.15, -0.1) is 0 Å². The zero-order valence-corrected chi connectivity index (χ0v) is 12.6. The van der Waals surface area contributed by atoms with E-state index in [1.807, 2.05) is 24.3 Å². The Bertz CT molecular complexity index is 827. The Morgan fingerprint density at radius 3 is 2.74 bits per heavy atom. The molecular weight excluding hydrogens is 296 g/mol. The Labute approximate surface area is 132 Å². The van der Waals surface area contributed by atoms with Crippen LogP contribution in [0.5, 0.6) is 5.88 Å². The van der Waals surface area contributed by atoms with Crippen LogP contribution >= 0.6 is 0 Å². The third kappa shape index (κ3) is 3.00. The van der Waals surface area contributed by atoms with Crippen molar-refractivity contribution in [3.8, 4) is 17.1 Å². The number of amides is 1. The van der Waals surface area contributed by atoms with Crippen LogP contribution < -0.4 is 10.5 Å². The molecule has 0 unspecified atom stereocenters. The molecule has 118 valence electrons. The zero-order valence-electron chi connectivity index (χ0n) is 12.6. The van der Waals surface area contributed by atoms with E-state index in [0.717, 1.165) is 10.9 Å². The molecule has 0 aliphatic rings. The lowest BCUT2D eigenvalue weighted by molar-refractivity contribution is 0.144. The molecule has 0 saturated heterocycles. The van der Waals surface area contributed by atoms with Crippen molar-refractivity contribution >= 4 is 16.9 Å². The number of benzene rings is 1. The minimum atomic E-state index is -0.625. The number of fused-ring (bicyclic) bond motifs is 1. The lowest BCUT2D eigenvalue weighted by Gasteiger charge is -2.04. The fraction of sp³-hybridized carbons (Fsp3) is 0.188. The number of hydrogen-bond acceptors (Lipinski definition) is 5. The molecular formula is C16H16N4O3. The number of primary amides is 1. The summed E-state index contributed by atoms with van der Waals surface area (Å²) in [6.45, 7) is 0.930. The van der Waals surface area contributed by atoms with Crippen LogP contribution in [0.1, 0.15) is 0 Å². The summed E-state index contributed by atoms with van der Waals surface area (Å²) in [4.78, 5) is 15.8. The Morgan fingerprint density at radius 2 is 2.04 bits per heavy atom. The second-order valence-corrected chi connectivity index (χ2v) is 4.84. The highest BCUT2D eigenvalue weighted by molar-refractivity contribution is 5.98.